The van der Waals surface area contributed by atoms with Gasteiger partial charge in [-0.25, -0.2) is 0 Å². The molecule has 0 radical (unpaired) electrons. The van der Waals surface area contributed by atoms with Gasteiger partial charge in [-0.2, -0.15) is 0 Å². The van der Waals surface area contributed by atoms with E-state index in [1.54, 1.807) is 0 Å². The van der Waals surface area contributed by atoms with E-state index in [1.807, 2.05) is 0 Å². The van der Waals surface area contributed by atoms with Gasteiger partial charge in [0.15, 0.2) is 0 Å². The van der Waals surface area contributed by atoms with E-state index in [0.717, 1.165) is 6.42 Å². The fraction of sp³-hybridized carbons (Fsp3) is 0.455. The van der Waals surface area contributed by atoms with Gasteiger partial charge in [0.25, 0.3) is 0 Å². The molecule has 0 nitrogen and oxygen atoms in total. The van der Waals surface area contributed by atoms with Gasteiger partial charge in [0, 0.05) is 0 Å². The quantitative estimate of drug-likeness (QED) is 0.564. The molecule has 0 spiro atoms. The van der Waals surface area contributed by atoms with E-state index in [0.29, 0.717) is 19.2 Å². The summed E-state index contributed by atoms with van der Waals surface area (Å²) in [6.07, 6.45) is 2.36. The molecule has 0 aliphatic heterocycles. The van der Waals surface area contributed by atoms with E-state index < -0.39 is 0 Å². The summed E-state index contributed by atoms with van der Waals surface area (Å²) in [4.78, 5) is 0. The predicted octanol–water partition coefficient (Wildman–Crippen LogP) is 3.26. The van der Waals surface area contributed by atoms with E-state index in [-0.39, 0.29) is 0 Å². The molecule has 0 bridgehead atoms. The molecule has 0 saturated carbocycles. The van der Waals surface area contributed by atoms with Gasteiger partial charge >= 0.3 is 91.8 Å². The first kappa shape index (κ1) is 11.1. The van der Waals surface area contributed by atoms with Crippen molar-refractivity contribution in [3.63, 3.8) is 0 Å². The topological polar surface area (TPSA) is 0 Å². The second kappa shape index (κ2) is 6.48. The van der Waals surface area contributed by atoms with Gasteiger partial charge in [0.1, 0.15) is 0 Å². The van der Waals surface area contributed by atoms with Crippen LogP contribution in [0.3, 0.4) is 0 Å². The minimum absolute atomic E-state index is 0.415. The SMILES string of the molecule is CCCC(Cl)[Se]Cc1ccccc1. The van der Waals surface area contributed by atoms with Crippen molar-refractivity contribution in [2.24, 2.45) is 0 Å². The third-order valence-electron chi connectivity index (χ3n) is 1.79. The van der Waals surface area contributed by atoms with Gasteiger partial charge < -0.3 is 0 Å². The van der Waals surface area contributed by atoms with Crippen molar-refractivity contribution in [2.45, 2.75) is 29.4 Å². The first-order valence-corrected chi connectivity index (χ1v) is 7.26. The maximum atomic E-state index is 6.16. The summed E-state index contributed by atoms with van der Waals surface area (Å²) in [5, 5.41) is 1.17. The Bertz CT molecular complexity index is 223. The normalized spacial score (nSPS) is 12.8. The maximum absolute atomic E-state index is 6.16. The summed E-state index contributed by atoms with van der Waals surface area (Å²) < 4.78 is 0.415. The zero-order chi connectivity index (χ0) is 9.52. The molecule has 1 unspecified atom stereocenters. The molecule has 1 atom stereocenters. The van der Waals surface area contributed by atoms with Crippen molar-refractivity contribution >= 4 is 26.6 Å². The molecule has 0 fully saturated rings. The predicted molar refractivity (Wildman–Crippen MR) is 60.4 cm³/mol. The summed E-state index contributed by atoms with van der Waals surface area (Å²) in [5.74, 6) is 0. The number of halogens is 1. The molecule has 1 rings (SSSR count). The van der Waals surface area contributed by atoms with Crippen molar-refractivity contribution in [3.8, 4) is 0 Å². The average Bonchev–Trinajstić information content (AvgIpc) is 2.17. The number of rotatable bonds is 5. The van der Waals surface area contributed by atoms with Crippen LogP contribution in [-0.4, -0.2) is 19.2 Å². The number of benzene rings is 1. The molecule has 0 aromatic heterocycles. The molecule has 0 N–H and O–H groups in total. The van der Waals surface area contributed by atoms with E-state index >= 15 is 0 Å². The molecule has 72 valence electrons. The Balaban J connectivity index is 2.27. The van der Waals surface area contributed by atoms with Crippen LogP contribution >= 0.6 is 11.6 Å². The van der Waals surface area contributed by atoms with E-state index in [9.17, 15) is 0 Å². The zero-order valence-corrected chi connectivity index (χ0v) is 10.3. The van der Waals surface area contributed by atoms with E-state index in [1.165, 1.54) is 17.3 Å². The standard InChI is InChI=1S/C11H15ClSe/c1-2-6-11(12)13-9-10-7-4-3-5-8-10/h3-5,7-8,11H,2,6,9H2,1H3. The molecule has 13 heavy (non-hydrogen) atoms. The van der Waals surface area contributed by atoms with Crippen molar-refractivity contribution in [1.29, 1.82) is 0 Å². The van der Waals surface area contributed by atoms with Crippen LogP contribution in [-0.2, 0) is 5.32 Å². The number of alkyl halides is 1. The summed E-state index contributed by atoms with van der Waals surface area (Å²) >= 11 is 6.71. The fourth-order valence-electron chi connectivity index (χ4n) is 1.07. The molecule has 0 heterocycles. The first-order valence-electron chi connectivity index (χ1n) is 4.62. The average molecular weight is 262 g/mol. The van der Waals surface area contributed by atoms with Gasteiger partial charge in [-0.05, 0) is 0 Å². The Hall–Kier alpha value is 0.0295. The second-order valence-corrected chi connectivity index (χ2v) is 6.61. The molecule has 0 saturated heterocycles. The van der Waals surface area contributed by atoms with E-state index in [4.69, 9.17) is 11.6 Å². The Kier molecular flexibility index (Phi) is 5.53. The second-order valence-electron chi connectivity index (χ2n) is 3.00. The third-order valence-corrected chi connectivity index (χ3v) is 4.96. The molecular formula is C11H15ClSe. The summed E-state index contributed by atoms with van der Waals surface area (Å²) in [5.41, 5.74) is 1.42. The fourth-order valence-corrected chi connectivity index (χ4v) is 3.65. The van der Waals surface area contributed by atoms with Gasteiger partial charge in [-0.3, -0.25) is 0 Å². The molecule has 0 aliphatic carbocycles. The van der Waals surface area contributed by atoms with Crippen LogP contribution in [0.2, 0.25) is 0 Å². The Morgan fingerprint density at radius 2 is 2.00 bits per heavy atom. The summed E-state index contributed by atoms with van der Waals surface area (Å²) in [7, 11) is 0. The molecule has 2 heteroatoms. The molecule has 1 aromatic rings. The van der Waals surface area contributed by atoms with Crippen molar-refractivity contribution in [1.82, 2.24) is 0 Å². The van der Waals surface area contributed by atoms with Crippen LogP contribution < -0.4 is 0 Å². The number of hydrogen-bond donors (Lipinski definition) is 0. The Morgan fingerprint density at radius 1 is 1.31 bits per heavy atom. The van der Waals surface area contributed by atoms with Crippen LogP contribution in [0.5, 0.6) is 0 Å². The summed E-state index contributed by atoms with van der Waals surface area (Å²) in [6, 6.07) is 10.6. The monoisotopic (exact) mass is 262 g/mol. The van der Waals surface area contributed by atoms with Gasteiger partial charge in [-0.15, -0.1) is 0 Å². The summed E-state index contributed by atoms with van der Waals surface area (Å²) in [6.45, 7) is 2.19. The van der Waals surface area contributed by atoms with Gasteiger partial charge in [0.05, 0.1) is 0 Å². The molecular weight excluding hydrogens is 247 g/mol. The number of hydrogen-bond acceptors (Lipinski definition) is 0. The minimum atomic E-state index is 0.415. The van der Waals surface area contributed by atoms with Crippen LogP contribution in [0.25, 0.3) is 0 Å². The van der Waals surface area contributed by atoms with Gasteiger partial charge in [-0.1, -0.05) is 0 Å². The van der Waals surface area contributed by atoms with Crippen molar-refractivity contribution < 1.29 is 0 Å². The van der Waals surface area contributed by atoms with Crippen molar-refractivity contribution in [3.05, 3.63) is 35.9 Å². The van der Waals surface area contributed by atoms with Crippen LogP contribution in [0.4, 0.5) is 0 Å². The first-order chi connectivity index (χ1) is 6.33. The third kappa shape index (κ3) is 4.71. The Morgan fingerprint density at radius 3 is 2.62 bits per heavy atom. The van der Waals surface area contributed by atoms with Gasteiger partial charge in [0.2, 0.25) is 0 Å². The van der Waals surface area contributed by atoms with Crippen LogP contribution in [0.15, 0.2) is 30.3 Å². The molecule has 0 amide bonds. The zero-order valence-electron chi connectivity index (χ0n) is 7.87. The van der Waals surface area contributed by atoms with Crippen LogP contribution in [0, 0.1) is 0 Å². The molecule has 1 aromatic carbocycles. The Labute approximate surface area is 91.8 Å². The van der Waals surface area contributed by atoms with E-state index in [2.05, 4.69) is 37.3 Å². The van der Waals surface area contributed by atoms with Crippen LogP contribution in [0.1, 0.15) is 25.3 Å². The molecule has 0 aliphatic rings. The van der Waals surface area contributed by atoms with Crippen molar-refractivity contribution in [2.75, 3.05) is 0 Å².